The number of fused-ring (bicyclic) bond motifs is 1. The lowest BCUT2D eigenvalue weighted by Gasteiger charge is -2.14. The second-order valence-corrected chi connectivity index (χ2v) is 6.02. The van der Waals surface area contributed by atoms with Crippen LogP contribution < -0.4 is 5.32 Å². The van der Waals surface area contributed by atoms with Crippen molar-refractivity contribution < 1.29 is 14.7 Å². The van der Waals surface area contributed by atoms with Gasteiger partial charge in [0.05, 0.1) is 6.04 Å². The van der Waals surface area contributed by atoms with Gasteiger partial charge in [-0.2, -0.15) is 0 Å². The number of amides is 1. The number of benzene rings is 1. The van der Waals surface area contributed by atoms with Gasteiger partial charge in [-0.25, -0.2) is 0 Å². The third-order valence-corrected chi connectivity index (χ3v) is 4.06. The Morgan fingerprint density at radius 1 is 1.30 bits per heavy atom. The first-order valence-electron chi connectivity index (χ1n) is 6.86. The van der Waals surface area contributed by atoms with Gasteiger partial charge in [0.15, 0.2) is 0 Å². The maximum atomic E-state index is 11.9. The van der Waals surface area contributed by atoms with Gasteiger partial charge in [0.1, 0.15) is 0 Å². The summed E-state index contributed by atoms with van der Waals surface area (Å²) in [6.07, 6.45) is 3.63. The van der Waals surface area contributed by atoms with E-state index in [0.717, 1.165) is 17.3 Å². The molecular weight excluding hydrogens is 322 g/mol. The second kappa shape index (κ2) is 6.88. The maximum absolute atomic E-state index is 11.9. The predicted molar refractivity (Wildman–Crippen MR) is 79.5 cm³/mol. The molecule has 0 spiro atoms. The topological polar surface area (TPSA) is 66.4 Å². The number of rotatable bonds is 6. The van der Waals surface area contributed by atoms with Crippen molar-refractivity contribution in [1.29, 1.82) is 0 Å². The smallest absolute Gasteiger partial charge is 0.303 e. The van der Waals surface area contributed by atoms with Gasteiger partial charge in [-0.15, -0.1) is 0 Å². The molecule has 4 nitrogen and oxygen atoms in total. The van der Waals surface area contributed by atoms with Crippen LogP contribution in [0.3, 0.4) is 0 Å². The Morgan fingerprint density at radius 2 is 2.05 bits per heavy atom. The van der Waals surface area contributed by atoms with Crippen LogP contribution in [0.4, 0.5) is 0 Å². The van der Waals surface area contributed by atoms with Gasteiger partial charge >= 0.3 is 5.97 Å². The molecule has 108 valence electrons. The summed E-state index contributed by atoms with van der Waals surface area (Å²) < 4.78 is 1.07. The summed E-state index contributed by atoms with van der Waals surface area (Å²) in [7, 11) is 0. The summed E-state index contributed by atoms with van der Waals surface area (Å²) in [4.78, 5) is 22.2. The highest BCUT2D eigenvalue weighted by Crippen LogP contribution is 2.32. The van der Waals surface area contributed by atoms with Crippen LogP contribution in [0, 0.1) is 0 Å². The molecule has 0 aromatic heterocycles. The molecule has 1 aromatic rings. The van der Waals surface area contributed by atoms with Crippen molar-refractivity contribution >= 4 is 27.8 Å². The minimum atomic E-state index is -0.805. The molecule has 0 saturated heterocycles. The average Bonchev–Trinajstić information content (AvgIpc) is 2.77. The Kier molecular flexibility index (Phi) is 5.17. The molecule has 2 N–H and O–H groups in total. The van der Waals surface area contributed by atoms with Gasteiger partial charge in [-0.05, 0) is 48.9 Å². The Hall–Kier alpha value is -1.36. The Labute approximate surface area is 126 Å². The molecule has 1 unspecified atom stereocenters. The number of aryl methyl sites for hydroxylation is 1. The summed E-state index contributed by atoms with van der Waals surface area (Å²) in [6.45, 7) is 0. The van der Waals surface area contributed by atoms with E-state index in [-0.39, 0.29) is 18.4 Å². The molecule has 2 rings (SSSR count). The minimum absolute atomic E-state index is 0.0103. The van der Waals surface area contributed by atoms with Crippen LogP contribution in [0.5, 0.6) is 0 Å². The summed E-state index contributed by atoms with van der Waals surface area (Å²) >= 11 is 3.45. The molecular formula is C15H18BrNO3. The van der Waals surface area contributed by atoms with Crippen molar-refractivity contribution in [2.45, 2.75) is 44.6 Å². The molecule has 1 amide bonds. The molecule has 0 fully saturated rings. The number of carboxylic acid groups (broad SMARTS) is 1. The van der Waals surface area contributed by atoms with Crippen LogP contribution >= 0.6 is 15.9 Å². The van der Waals surface area contributed by atoms with E-state index in [2.05, 4.69) is 33.4 Å². The van der Waals surface area contributed by atoms with Gasteiger partial charge in [0.2, 0.25) is 5.91 Å². The molecule has 1 aliphatic rings. The second-order valence-electron chi connectivity index (χ2n) is 5.10. The monoisotopic (exact) mass is 339 g/mol. The number of unbranched alkanes of at least 4 members (excludes halogenated alkanes) is 1. The van der Waals surface area contributed by atoms with Crippen LogP contribution in [-0.4, -0.2) is 17.0 Å². The Balaban J connectivity index is 1.80. The number of carbonyl (C=O) groups is 2. The zero-order chi connectivity index (χ0) is 14.5. The molecule has 1 atom stereocenters. The molecule has 1 aliphatic carbocycles. The lowest BCUT2D eigenvalue weighted by molar-refractivity contribution is -0.137. The van der Waals surface area contributed by atoms with E-state index in [1.54, 1.807) is 0 Å². The van der Waals surface area contributed by atoms with Crippen molar-refractivity contribution in [1.82, 2.24) is 5.32 Å². The summed E-state index contributed by atoms with van der Waals surface area (Å²) in [6, 6.07) is 6.26. The van der Waals surface area contributed by atoms with E-state index in [9.17, 15) is 9.59 Å². The molecule has 0 saturated carbocycles. The fraction of sp³-hybridized carbons (Fsp3) is 0.467. The van der Waals surface area contributed by atoms with Gasteiger partial charge in [-0.1, -0.05) is 22.0 Å². The van der Waals surface area contributed by atoms with E-state index < -0.39 is 5.97 Å². The van der Waals surface area contributed by atoms with Crippen molar-refractivity contribution in [3.05, 3.63) is 33.8 Å². The van der Waals surface area contributed by atoms with E-state index in [1.165, 1.54) is 11.1 Å². The van der Waals surface area contributed by atoms with Crippen LogP contribution in [0.1, 0.15) is 49.3 Å². The van der Waals surface area contributed by atoms with Crippen molar-refractivity contribution in [3.8, 4) is 0 Å². The van der Waals surface area contributed by atoms with Gasteiger partial charge in [0.25, 0.3) is 0 Å². The fourth-order valence-electron chi connectivity index (χ4n) is 2.56. The molecule has 0 radical (unpaired) electrons. The molecule has 20 heavy (non-hydrogen) atoms. The van der Waals surface area contributed by atoms with Gasteiger partial charge in [0, 0.05) is 17.3 Å². The number of nitrogens with one attached hydrogen (secondary N) is 1. The fourth-order valence-corrected chi connectivity index (χ4v) is 2.97. The van der Waals surface area contributed by atoms with E-state index in [1.807, 2.05) is 6.07 Å². The van der Waals surface area contributed by atoms with E-state index in [4.69, 9.17) is 5.11 Å². The molecule has 0 aliphatic heterocycles. The summed E-state index contributed by atoms with van der Waals surface area (Å²) in [5.41, 5.74) is 2.49. The van der Waals surface area contributed by atoms with Crippen molar-refractivity contribution in [2.75, 3.05) is 0 Å². The van der Waals surface area contributed by atoms with E-state index in [0.29, 0.717) is 19.3 Å². The molecule has 1 aromatic carbocycles. The highest BCUT2D eigenvalue weighted by molar-refractivity contribution is 9.10. The first-order valence-corrected chi connectivity index (χ1v) is 7.65. The van der Waals surface area contributed by atoms with Crippen LogP contribution in [0.2, 0.25) is 0 Å². The number of hydrogen-bond acceptors (Lipinski definition) is 2. The third-order valence-electron chi connectivity index (χ3n) is 3.56. The summed E-state index contributed by atoms with van der Waals surface area (Å²) in [5, 5.41) is 11.6. The van der Waals surface area contributed by atoms with Crippen LogP contribution in [0.15, 0.2) is 22.7 Å². The zero-order valence-electron chi connectivity index (χ0n) is 11.2. The Bertz CT molecular complexity index is 516. The standard InChI is InChI=1S/C15H18BrNO3/c16-11-6-7-12-10(9-11)5-8-13(12)17-14(18)3-1-2-4-15(19)20/h6-7,9,13H,1-5,8H2,(H,17,18)(H,19,20). The van der Waals surface area contributed by atoms with Crippen molar-refractivity contribution in [2.24, 2.45) is 0 Å². The molecule has 0 heterocycles. The van der Waals surface area contributed by atoms with Gasteiger partial charge in [-0.3, -0.25) is 9.59 Å². The minimum Gasteiger partial charge on any atom is -0.481 e. The first kappa shape index (κ1) is 15.0. The first-order chi connectivity index (χ1) is 9.56. The van der Waals surface area contributed by atoms with Crippen molar-refractivity contribution in [3.63, 3.8) is 0 Å². The highest BCUT2D eigenvalue weighted by Gasteiger charge is 2.23. The Morgan fingerprint density at radius 3 is 2.80 bits per heavy atom. The number of halogens is 1. The lowest BCUT2D eigenvalue weighted by atomic mass is 10.1. The maximum Gasteiger partial charge on any atom is 0.303 e. The average molecular weight is 340 g/mol. The number of aliphatic carboxylic acids is 1. The summed E-state index contributed by atoms with van der Waals surface area (Å²) in [5.74, 6) is -0.795. The lowest BCUT2D eigenvalue weighted by Crippen LogP contribution is -2.26. The number of carboxylic acids is 1. The van der Waals surface area contributed by atoms with Crippen LogP contribution in [0.25, 0.3) is 0 Å². The molecule has 5 heteroatoms. The zero-order valence-corrected chi connectivity index (χ0v) is 12.8. The number of carbonyl (C=O) groups excluding carboxylic acids is 1. The van der Waals surface area contributed by atoms with E-state index >= 15 is 0 Å². The highest BCUT2D eigenvalue weighted by atomic mass is 79.9. The normalized spacial score (nSPS) is 16.8. The largest absolute Gasteiger partial charge is 0.481 e. The number of hydrogen-bond donors (Lipinski definition) is 2. The third kappa shape index (κ3) is 4.07. The predicted octanol–water partition coefficient (Wildman–Crippen LogP) is 3.20. The van der Waals surface area contributed by atoms with Gasteiger partial charge < -0.3 is 10.4 Å². The quantitative estimate of drug-likeness (QED) is 0.782. The molecule has 0 bridgehead atoms. The SMILES string of the molecule is O=C(O)CCCCC(=O)NC1CCc2cc(Br)ccc21. The van der Waals surface area contributed by atoms with Crippen LogP contribution in [-0.2, 0) is 16.0 Å².